The molecule has 0 bridgehead atoms. The van der Waals surface area contributed by atoms with Crippen molar-refractivity contribution in [2.75, 3.05) is 19.7 Å². The van der Waals surface area contributed by atoms with Crippen LogP contribution in [0.1, 0.15) is 45.6 Å². The lowest BCUT2D eigenvalue weighted by Gasteiger charge is -2.26. The van der Waals surface area contributed by atoms with Gasteiger partial charge in [-0.3, -0.25) is 33.8 Å². The first kappa shape index (κ1) is 38.1. The van der Waals surface area contributed by atoms with Gasteiger partial charge in [0.2, 0.25) is 35.4 Å². The van der Waals surface area contributed by atoms with Crippen LogP contribution in [0.4, 0.5) is 0 Å². The average molecular weight is 636 g/mol. The van der Waals surface area contributed by atoms with Crippen LogP contribution >= 0.6 is 0 Å². The van der Waals surface area contributed by atoms with Crippen LogP contribution in [0.25, 0.3) is 0 Å². The summed E-state index contributed by atoms with van der Waals surface area (Å²) in [5.41, 5.74) is 16.5. The Kier molecular flexibility index (Phi) is 16.4. The van der Waals surface area contributed by atoms with Gasteiger partial charge in [-0.1, -0.05) is 32.4 Å². The summed E-state index contributed by atoms with van der Waals surface area (Å²) in [6.07, 6.45) is 0.970. The Bertz CT molecular complexity index is 1200. The molecule has 17 nitrogen and oxygen atoms in total. The smallest absolute Gasteiger partial charge is 0.245 e. The van der Waals surface area contributed by atoms with Crippen molar-refractivity contribution in [3.8, 4) is 5.75 Å². The molecule has 0 aromatic heterocycles. The highest BCUT2D eigenvalue weighted by molar-refractivity contribution is 5.95. The Morgan fingerprint density at radius 3 is 2.02 bits per heavy atom. The Balaban J connectivity index is 2.83. The van der Waals surface area contributed by atoms with Crippen molar-refractivity contribution in [1.82, 2.24) is 26.6 Å². The second-order valence-corrected chi connectivity index (χ2v) is 10.4. The minimum atomic E-state index is -1.46. The standard InChI is InChI=1S/C28H45N9O8/c1-4-15(2)23(37-25(43)20(34-16(3)39)12-17-7-9-18(40)10-8-17)27(45)33-13-22(41)35-21(14-38)26(44)36-19(24(29)42)6-5-11-32-28(30)31/h7-10,15,19-21,23,38,40H,4-6,11-14H2,1-3H3,(H2,29,42)(H,33,45)(H,34,39)(H,35,41)(H,36,44)(H,37,43)(H4,30,31,32)/t15-,19-,20-,21-,23-/m0/s1. The highest BCUT2D eigenvalue weighted by Crippen LogP contribution is 2.13. The number of nitrogens with zero attached hydrogens (tertiary/aromatic N) is 1. The number of benzene rings is 1. The van der Waals surface area contributed by atoms with Crippen LogP contribution in [0.15, 0.2) is 29.3 Å². The number of primary amides is 1. The van der Waals surface area contributed by atoms with E-state index in [2.05, 4.69) is 31.6 Å². The summed E-state index contributed by atoms with van der Waals surface area (Å²) in [6, 6.07) is 1.38. The van der Waals surface area contributed by atoms with Crippen LogP contribution in [0.2, 0.25) is 0 Å². The molecule has 0 saturated heterocycles. The third-order valence-corrected chi connectivity index (χ3v) is 6.73. The first-order valence-electron chi connectivity index (χ1n) is 14.4. The van der Waals surface area contributed by atoms with Gasteiger partial charge in [0.1, 0.15) is 29.9 Å². The van der Waals surface area contributed by atoms with E-state index in [9.17, 15) is 39.0 Å². The Labute approximate surface area is 261 Å². The monoisotopic (exact) mass is 635 g/mol. The number of guanidine groups is 1. The number of amides is 6. The van der Waals surface area contributed by atoms with Crippen molar-refractivity contribution < 1.29 is 39.0 Å². The predicted octanol–water partition coefficient (Wildman–Crippen LogP) is -3.41. The van der Waals surface area contributed by atoms with Gasteiger partial charge in [-0.25, -0.2) is 0 Å². The van der Waals surface area contributed by atoms with Gasteiger partial charge in [-0.2, -0.15) is 0 Å². The lowest BCUT2D eigenvalue weighted by molar-refractivity contribution is -0.134. The molecule has 0 aliphatic rings. The summed E-state index contributed by atoms with van der Waals surface area (Å²) < 4.78 is 0. The maximum absolute atomic E-state index is 13.2. The number of carbonyl (C=O) groups excluding carboxylic acids is 6. The minimum Gasteiger partial charge on any atom is -0.508 e. The highest BCUT2D eigenvalue weighted by atomic mass is 16.3. The van der Waals surface area contributed by atoms with Gasteiger partial charge in [-0.05, 0) is 36.5 Å². The van der Waals surface area contributed by atoms with Crippen molar-refractivity contribution in [2.45, 2.75) is 70.6 Å². The number of aliphatic imine (C=N–C) groups is 1. The third-order valence-electron chi connectivity index (χ3n) is 6.73. The molecule has 0 radical (unpaired) electrons. The number of rotatable bonds is 19. The lowest BCUT2D eigenvalue weighted by atomic mass is 9.97. The number of hydrogen-bond acceptors (Lipinski definition) is 9. The molecule has 45 heavy (non-hydrogen) atoms. The molecule has 0 fully saturated rings. The van der Waals surface area contributed by atoms with E-state index in [4.69, 9.17) is 17.2 Å². The zero-order chi connectivity index (χ0) is 34.1. The summed E-state index contributed by atoms with van der Waals surface area (Å²) in [5.74, 6) is -4.84. The number of aliphatic hydroxyl groups excluding tert-OH is 1. The number of phenols is 1. The molecule has 5 atom stereocenters. The highest BCUT2D eigenvalue weighted by Gasteiger charge is 2.30. The van der Waals surface area contributed by atoms with E-state index in [-0.39, 0.29) is 37.0 Å². The van der Waals surface area contributed by atoms with Gasteiger partial charge in [0.15, 0.2) is 5.96 Å². The summed E-state index contributed by atoms with van der Waals surface area (Å²) in [5, 5.41) is 31.4. The maximum atomic E-state index is 13.2. The van der Waals surface area contributed by atoms with E-state index < -0.39 is 72.8 Å². The molecule has 250 valence electrons. The minimum absolute atomic E-state index is 0.0357. The second kappa shape index (κ2) is 19.4. The molecule has 0 aliphatic carbocycles. The molecule has 1 aromatic carbocycles. The molecule has 0 unspecified atom stereocenters. The Morgan fingerprint density at radius 1 is 0.867 bits per heavy atom. The van der Waals surface area contributed by atoms with Crippen LogP contribution in [0.5, 0.6) is 5.75 Å². The number of phenolic OH excluding ortho intramolecular Hbond substituents is 1. The first-order valence-corrected chi connectivity index (χ1v) is 14.4. The maximum Gasteiger partial charge on any atom is 0.245 e. The van der Waals surface area contributed by atoms with Crippen molar-refractivity contribution in [2.24, 2.45) is 28.1 Å². The second-order valence-electron chi connectivity index (χ2n) is 10.4. The zero-order valence-electron chi connectivity index (χ0n) is 25.7. The lowest BCUT2D eigenvalue weighted by Crippen LogP contribution is -2.58. The number of nitrogens with one attached hydrogen (secondary N) is 5. The van der Waals surface area contributed by atoms with E-state index in [1.165, 1.54) is 19.1 Å². The number of nitrogens with two attached hydrogens (primary N) is 3. The third kappa shape index (κ3) is 14.4. The van der Waals surface area contributed by atoms with E-state index in [0.29, 0.717) is 18.4 Å². The Morgan fingerprint density at radius 2 is 1.49 bits per heavy atom. The van der Waals surface area contributed by atoms with Gasteiger partial charge in [0.25, 0.3) is 0 Å². The SMILES string of the molecule is CC[C@H](C)[C@H](NC(=O)[C@H](Cc1ccc(O)cc1)NC(C)=O)C(=O)NCC(=O)N[C@@H](CO)C(=O)N[C@@H](CCCN=C(N)N)C(N)=O. The molecule has 17 heteroatoms. The zero-order valence-corrected chi connectivity index (χ0v) is 25.7. The normalized spacial score (nSPS) is 14.0. The van der Waals surface area contributed by atoms with Crippen LogP contribution in [0, 0.1) is 5.92 Å². The van der Waals surface area contributed by atoms with E-state index >= 15 is 0 Å². The number of hydrogen-bond donors (Lipinski definition) is 10. The number of aromatic hydroxyl groups is 1. The fourth-order valence-electron chi connectivity index (χ4n) is 4.06. The molecular formula is C28H45N9O8. The van der Waals surface area contributed by atoms with E-state index in [0.717, 1.165) is 0 Å². The molecule has 13 N–H and O–H groups in total. The fourth-order valence-corrected chi connectivity index (χ4v) is 4.06. The van der Waals surface area contributed by atoms with Crippen LogP contribution in [-0.4, -0.2) is 95.5 Å². The summed E-state index contributed by atoms with van der Waals surface area (Å²) >= 11 is 0. The average Bonchev–Trinajstić information content (AvgIpc) is 2.98. The van der Waals surface area contributed by atoms with Crippen molar-refractivity contribution in [3.05, 3.63) is 29.8 Å². The van der Waals surface area contributed by atoms with Gasteiger partial charge in [0, 0.05) is 19.9 Å². The number of carbonyl (C=O) groups is 6. The van der Waals surface area contributed by atoms with E-state index in [1.807, 2.05) is 0 Å². The topological polar surface area (TPSA) is 293 Å². The molecular weight excluding hydrogens is 590 g/mol. The molecule has 1 aromatic rings. The molecule has 0 aliphatic heterocycles. The van der Waals surface area contributed by atoms with Gasteiger partial charge in [0.05, 0.1) is 13.2 Å². The molecule has 0 heterocycles. The predicted molar refractivity (Wildman–Crippen MR) is 164 cm³/mol. The summed E-state index contributed by atoms with van der Waals surface area (Å²) in [6.45, 7) is 3.53. The Hall–Kier alpha value is -4.93. The van der Waals surface area contributed by atoms with Crippen molar-refractivity contribution in [1.29, 1.82) is 0 Å². The fraction of sp³-hybridized carbons (Fsp3) is 0.536. The molecule has 0 saturated carbocycles. The van der Waals surface area contributed by atoms with E-state index in [1.54, 1.807) is 26.0 Å². The van der Waals surface area contributed by atoms with Crippen molar-refractivity contribution >= 4 is 41.4 Å². The van der Waals surface area contributed by atoms with Gasteiger partial charge < -0.3 is 54.0 Å². The molecule has 6 amide bonds. The van der Waals surface area contributed by atoms with Crippen LogP contribution < -0.4 is 43.8 Å². The van der Waals surface area contributed by atoms with Gasteiger partial charge >= 0.3 is 0 Å². The largest absolute Gasteiger partial charge is 0.508 e. The van der Waals surface area contributed by atoms with Gasteiger partial charge in [-0.15, -0.1) is 0 Å². The van der Waals surface area contributed by atoms with Crippen LogP contribution in [0.3, 0.4) is 0 Å². The summed E-state index contributed by atoms with van der Waals surface area (Å²) in [7, 11) is 0. The first-order chi connectivity index (χ1) is 21.2. The quantitative estimate of drug-likeness (QED) is 0.0408. The molecule has 0 spiro atoms. The summed E-state index contributed by atoms with van der Waals surface area (Å²) in [4.78, 5) is 78.7. The number of aliphatic hydroxyl groups is 1. The van der Waals surface area contributed by atoms with Crippen LogP contribution in [-0.2, 0) is 35.2 Å². The van der Waals surface area contributed by atoms with Crippen molar-refractivity contribution in [3.63, 3.8) is 0 Å². The molecule has 1 rings (SSSR count).